The Balaban J connectivity index is 2.47. The summed E-state index contributed by atoms with van der Waals surface area (Å²) in [6, 6.07) is 12.8. The van der Waals surface area contributed by atoms with Crippen LogP contribution < -0.4 is 0 Å². The Morgan fingerprint density at radius 1 is 0.850 bits per heavy atom. The van der Waals surface area contributed by atoms with Gasteiger partial charge in [-0.3, -0.25) is 0 Å². The molecule has 20 heavy (non-hydrogen) atoms. The molecule has 0 unspecified atom stereocenters. The van der Waals surface area contributed by atoms with Crippen molar-refractivity contribution >= 4 is 0 Å². The predicted octanol–water partition coefficient (Wildman–Crippen LogP) is 5.14. The molecule has 0 nitrogen and oxygen atoms in total. The Morgan fingerprint density at radius 3 is 2.05 bits per heavy atom. The molecular weight excluding hydrogens is 240 g/mol. The summed E-state index contributed by atoms with van der Waals surface area (Å²) >= 11 is 0. The Bertz CT molecular complexity index is 656. The van der Waals surface area contributed by atoms with Crippen LogP contribution in [0.1, 0.15) is 53.1 Å². The van der Waals surface area contributed by atoms with E-state index in [1.807, 2.05) is 0 Å². The van der Waals surface area contributed by atoms with Gasteiger partial charge in [-0.2, -0.15) is 0 Å². The van der Waals surface area contributed by atoms with Gasteiger partial charge in [0.15, 0.2) is 0 Å². The third kappa shape index (κ3) is 3.11. The summed E-state index contributed by atoms with van der Waals surface area (Å²) in [4.78, 5) is 0. The van der Waals surface area contributed by atoms with Gasteiger partial charge < -0.3 is 0 Å². The van der Waals surface area contributed by atoms with Crippen LogP contribution in [0.25, 0.3) is 0 Å². The highest BCUT2D eigenvalue weighted by molar-refractivity contribution is 5.53. The lowest BCUT2D eigenvalue weighted by atomic mass is 9.96. The fraction of sp³-hybridized carbons (Fsp3) is 0.300. The summed E-state index contributed by atoms with van der Waals surface area (Å²) in [5, 5.41) is 0. The minimum Gasteiger partial charge on any atom is -0.0619 e. The van der Waals surface area contributed by atoms with E-state index < -0.39 is 0 Å². The van der Waals surface area contributed by atoms with Crippen LogP contribution in [0.5, 0.6) is 0 Å². The van der Waals surface area contributed by atoms with Gasteiger partial charge in [0.1, 0.15) is 0 Å². The maximum atomic E-state index is 3.37. The lowest BCUT2D eigenvalue weighted by Gasteiger charge is -2.08. The zero-order chi connectivity index (χ0) is 14.7. The van der Waals surface area contributed by atoms with Crippen LogP contribution in [0, 0.1) is 32.6 Å². The highest BCUT2D eigenvalue weighted by atomic mass is 14.1. The minimum absolute atomic E-state index is 0.501. The van der Waals surface area contributed by atoms with Crippen LogP contribution in [-0.2, 0) is 0 Å². The molecule has 2 aromatic carbocycles. The lowest BCUT2D eigenvalue weighted by molar-refractivity contribution is 0.863. The quantitative estimate of drug-likeness (QED) is 0.625. The standard InChI is InChI=1S/C20H22/c1-14(2)19-9-7-6-8-18(19)10-11-20-16(4)12-15(3)13-17(20)5/h6-9,12-14H,1-5H3. The lowest BCUT2D eigenvalue weighted by Crippen LogP contribution is -1.93. The van der Waals surface area contributed by atoms with Gasteiger partial charge >= 0.3 is 0 Å². The second-order valence-corrected chi connectivity index (χ2v) is 5.77. The molecule has 0 bridgehead atoms. The first kappa shape index (κ1) is 14.4. The first-order chi connectivity index (χ1) is 9.49. The zero-order valence-electron chi connectivity index (χ0n) is 13.0. The molecule has 0 aromatic heterocycles. The SMILES string of the molecule is Cc1cc(C)c(C#Cc2ccccc2C(C)C)c(C)c1. The fourth-order valence-corrected chi connectivity index (χ4v) is 2.62. The molecule has 0 fully saturated rings. The highest BCUT2D eigenvalue weighted by Crippen LogP contribution is 2.19. The van der Waals surface area contributed by atoms with Gasteiger partial charge in [0, 0.05) is 11.1 Å². The van der Waals surface area contributed by atoms with Crippen LogP contribution in [0.2, 0.25) is 0 Å². The molecule has 0 amide bonds. The average Bonchev–Trinajstić information content (AvgIpc) is 2.37. The molecule has 0 saturated carbocycles. The van der Waals surface area contributed by atoms with E-state index in [-0.39, 0.29) is 0 Å². The van der Waals surface area contributed by atoms with Crippen LogP contribution in [-0.4, -0.2) is 0 Å². The molecule has 0 radical (unpaired) electrons. The van der Waals surface area contributed by atoms with Gasteiger partial charge in [-0.1, -0.05) is 61.6 Å². The molecule has 0 heteroatoms. The van der Waals surface area contributed by atoms with Crippen LogP contribution >= 0.6 is 0 Å². The molecule has 0 spiro atoms. The van der Waals surface area contributed by atoms with E-state index in [0.717, 1.165) is 11.1 Å². The maximum Gasteiger partial charge on any atom is 0.0307 e. The van der Waals surface area contributed by atoms with Gasteiger partial charge in [0.05, 0.1) is 0 Å². The van der Waals surface area contributed by atoms with E-state index >= 15 is 0 Å². The molecule has 0 atom stereocenters. The predicted molar refractivity (Wildman–Crippen MR) is 87.2 cm³/mol. The molecular formula is C20H22. The van der Waals surface area contributed by atoms with E-state index in [1.165, 1.54) is 22.3 Å². The number of benzene rings is 2. The number of rotatable bonds is 1. The van der Waals surface area contributed by atoms with Crippen molar-refractivity contribution in [1.29, 1.82) is 0 Å². The van der Waals surface area contributed by atoms with Crippen LogP contribution in [0.3, 0.4) is 0 Å². The number of hydrogen-bond acceptors (Lipinski definition) is 0. The molecule has 102 valence electrons. The Kier molecular flexibility index (Phi) is 4.30. The normalized spacial score (nSPS) is 10.3. The molecule has 0 saturated heterocycles. The van der Waals surface area contributed by atoms with Crippen molar-refractivity contribution in [2.75, 3.05) is 0 Å². The largest absolute Gasteiger partial charge is 0.0619 e. The molecule has 0 aliphatic heterocycles. The van der Waals surface area contributed by atoms with Crippen molar-refractivity contribution in [2.24, 2.45) is 0 Å². The summed E-state index contributed by atoms with van der Waals surface area (Å²) in [6.45, 7) is 10.8. The van der Waals surface area contributed by atoms with Crippen molar-refractivity contribution in [1.82, 2.24) is 0 Å². The number of aryl methyl sites for hydroxylation is 3. The van der Waals surface area contributed by atoms with E-state index in [0.29, 0.717) is 5.92 Å². The second-order valence-electron chi connectivity index (χ2n) is 5.77. The zero-order valence-corrected chi connectivity index (χ0v) is 13.0. The summed E-state index contributed by atoms with van der Waals surface area (Å²) in [5.74, 6) is 7.23. The summed E-state index contributed by atoms with van der Waals surface area (Å²) < 4.78 is 0. The van der Waals surface area contributed by atoms with Crippen LogP contribution in [0.4, 0.5) is 0 Å². The molecule has 2 aromatic rings. The van der Waals surface area contributed by atoms with Gasteiger partial charge in [-0.05, 0) is 49.4 Å². The van der Waals surface area contributed by atoms with E-state index in [2.05, 4.69) is 82.9 Å². The van der Waals surface area contributed by atoms with Gasteiger partial charge in [0.25, 0.3) is 0 Å². The molecule has 0 aliphatic rings. The van der Waals surface area contributed by atoms with E-state index in [4.69, 9.17) is 0 Å². The molecule has 2 rings (SSSR count). The Hall–Kier alpha value is -2.00. The molecule has 0 heterocycles. The topological polar surface area (TPSA) is 0 Å². The third-order valence-corrected chi connectivity index (χ3v) is 3.58. The smallest absolute Gasteiger partial charge is 0.0307 e. The van der Waals surface area contributed by atoms with Gasteiger partial charge in [-0.25, -0.2) is 0 Å². The maximum absolute atomic E-state index is 3.37. The van der Waals surface area contributed by atoms with E-state index in [1.54, 1.807) is 0 Å². The first-order valence-corrected chi connectivity index (χ1v) is 7.18. The summed E-state index contributed by atoms with van der Waals surface area (Å²) in [5.41, 5.74) is 7.45. The van der Waals surface area contributed by atoms with Gasteiger partial charge in [-0.15, -0.1) is 0 Å². The molecule has 0 N–H and O–H groups in total. The second kappa shape index (κ2) is 5.97. The Labute approximate surface area is 122 Å². The van der Waals surface area contributed by atoms with Crippen molar-refractivity contribution in [3.05, 3.63) is 69.8 Å². The first-order valence-electron chi connectivity index (χ1n) is 7.18. The van der Waals surface area contributed by atoms with Crippen molar-refractivity contribution in [3.63, 3.8) is 0 Å². The monoisotopic (exact) mass is 262 g/mol. The fourth-order valence-electron chi connectivity index (χ4n) is 2.62. The summed E-state index contributed by atoms with van der Waals surface area (Å²) in [6.07, 6.45) is 0. The van der Waals surface area contributed by atoms with Crippen molar-refractivity contribution < 1.29 is 0 Å². The average molecular weight is 262 g/mol. The third-order valence-electron chi connectivity index (χ3n) is 3.58. The minimum atomic E-state index is 0.501. The number of hydrogen-bond donors (Lipinski definition) is 0. The molecule has 0 aliphatic carbocycles. The highest BCUT2D eigenvalue weighted by Gasteiger charge is 2.04. The van der Waals surface area contributed by atoms with Crippen molar-refractivity contribution in [3.8, 4) is 11.8 Å². The van der Waals surface area contributed by atoms with Crippen molar-refractivity contribution in [2.45, 2.75) is 40.5 Å². The van der Waals surface area contributed by atoms with Crippen LogP contribution in [0.15, 0.2) is 36.4 Å². The Morgan fingerprint density at radius 2 is 1.45 bits per heavy atom. The van der Waals surface area contributed by atoms with Gasteiger partial charge in [0.2, 0.25) is 0 Å². The summed E-state index contributed by atoms with van der Waals surface area (Å²) in [7, 11) is 0. The van der Waals surface area contributed by atoms with E-state index in [9.17, 15) is 0 Å².